The van der Waals surface area contributed by atoms with Gasteiger partial charge in [-0.3, -0.25) is 0 Å². The van der Waals surface area contributed by atoms with Crippen LogP contribution in [0.2, 0.25) is 0 Å². The van der Waals surface area contributed by atoms with Gasteiger partial charge in [0, 0.05) is 11.9 Å². The summed E-state index contributed by atoms with van der Waals surface area (Å²) in [5.74, 6) is 0. The first-order valence-corrected chi connectivity index (χ1v) is 3.67. The molecule has 0 rings (SSSR count). The molecule has 0 heterocycles. The van der Waals surface area contributed by atoms with Crippen molar-refractivity contribution >= 4 is 6.21 Å². The van der Waals surface area contributed by atoms with Crippen LogP contribution < -0.4 is 11.1 Å². The number of allylic oxidation sites excluding steroid dienone is 4. The van der Waals surface area contributed by atoms with Crippen LogP contribution in [-0.4, -0.2) is 6.21 Å². The largest absolute Gasteiger partial charge is 0.396 e. The average Bonchev–Trinajstić information content (AvgIpc) is 2.01. The van der Waals surface area contributed by atoms with Crippen LogP contribution in [0.5, 0.6) is 0 Å². The molecule has 0 unspecified atom stereocenters. The normalized spacial score (nSPS) is 12.5. The van der Waals surface area contributed by atoms with Crippen molar-refractivity contribution in [2.24, 2.45) is 5.73 Å². The average molecular weight is 165 g/mol. The van der Waals surface area contributed by atoms with Crippen LogP contribution >= 0.6 is 0 Å². The van der Waals surface area contributed by atoms with E-state index in [4.69, 9.17) is 11.1 Å². The molecular formula is C9H15N3. The van der Waals surface area contributed by atoms with Gasteiger partial charge in [0.2, 0.25) is 0 Å². The maximum atomic E-state index is 6.95. The Balaban J connectivity index is 4.65. The second-order valence-corrected chi connectivity index (χ2v) is 2.42. The zero-order chi connectivity index (χ0) is 9.56. The van der Waals surface area contributed by atoms with Crippen molar-refractivity contribution in [2.75, 3.05) is 0 Å². The fourth-order valence-corrected chi connectivity index (χ4v) is 0.684. The van der Waals surface area contributed by atoms with Gasteiger partial charge in [-0.25, -0.2) is 0 Å². The van der Waals surface area contributed by atoms with Crippen molar-refractivity contribution in [1.29, 1.82) is 5.41 Å². The van der Waals surface area contributed by atoms with Crippen LogP contribution in [0.1, 0.15) is 13.8 Å². The molecule has 0 aromatic heterocycles. The van der Waals surface area contributed by atoms with Gasteiger partial charge >= 0.3 is 0 Å². The lowest BCUT2D eigenvalue weighted by atomic mass is 10.3. The van der Waals surface area contributed by atoms with Crippen LogP contribution in [0, 0.1) is 5.41 Å². The van der Waals surface area contributed by atoms with Gasteiger partial charge in [-0.1, -0.05) is 12.7 Å². The fraction of sp³-hybridized carbons (Fsp3) is 0.222. The summed E-state index contributed by atoms with van der Waals surface area (Å²) in [7, 11) is 0. The molecule has 0 aliphatic rings. The van der Waals surface area contributed by atoms with E-state index in [9.17, 15) is 0 Å². The molecule has 0 spiro atoms. The summed E-state index contributed by atoms with van der Waals surface area (Å²) in [5.41, 5.74) is 7.44. The molecule has 66 valence electrons. The third kappa shape index (κ3) is 3.61. The van der Waals surface area contributed by atoms with E-state index in [-0.39, 0.29) is 0 Å². The number of hydrogen-bond acceptors (Lipinski definition) is 3. The molecule has 3 heteroatoms. The van der Waals surface area contributed by atoms with E-state index in [0.717, 1.165) is 11.9 Å². The fourth-order valence-electron chi connectivity index (χ4n) is 0.684. The van der Waals surface area contributed by atoms with E-state index in [1.807, 2.05) is 19.9 Å². The van der Waals surface area contributed by atoms with Gasteiger partial charge in [0.25, 0.3) is 0 Å². The third-order valence-corrected chi connectivity index (χ3v) is 1.15. The molecule has 0 aliphatic heterocycles. The van der Waals surface area contributed by atoms with E-state index < -0.39 is 0 Å². The smallest absolute Gasteiger partial charge is 0.0731 e. The van der Waals surface area contributed by atoms with Crippen molar-refractivity contribution in [3.8, 4) is 0 Å². The summed E-state index contributed by atoms with van der Waals surface area (Å²) in [5, 5.41) is 9.90. The minimum absolute atomic E-state index is 0.399. The van der Waals surface area contributed by atoms with Gasteiger partial charge < -0.3 is 16.5 Å². The Hall–Kier alpha value is -1.51. The molecule has 12 heavy (non-hydrogen) atoms. The van der Waals surface area contributed by atoms with E-state index in [0.29, 0.717) is 11.4 Å². The van der Waals surface area contributed by atoms with Crippen molar-refractivity contribution in [3.63, 3.8) is 0 Å². The predicted molar refractivity (Wildman–Crippen MR) is 52.8 cm³/mol. The van der Waals surface area contributed by atoms with Crippen molar-refractivity contribution in [3.05, 3.63) is 35.8 Å². The third-order valence-electron chi connectivity index (χ3n) is 1.15. The summed E-state index contributed by atoms with van der Waals surface area (Å²) in [4.78, 5) is 0. The quantitative estimate of drug-likeness (QED) is 0.436. The molecule has 0 aromatic carbocycles. The van der Waals surface area contributed by atoms with Crippen LogP contribution in [0.15, 0.2) is 35.8 Å². The Morgan fingerprint density at radius 1 is 1.58 bits per heavy atom. The zero-order valence-electron chi connectivity index (χ0n) is 7.52. The first kappa shape index (κ1) is 10.5. The Kier molecular flexibility index (Phi) is 4.53. The Morgan fingerprint density at radius 2 is 2.17 bits per heavy atom. The Labute approximate surface area is 73.2 Å². The predicted octanol–water partition coefficient (Wildman–Crippen LogP) is 1.51. The van der Waals surface area contributed by atoms with E-state index >= 15 is 0 Å². The van der Waals surface area contributed by atoms with Crippen molar-refractivity contribution in [1.82, 2.24) is 5.32 Å². The monoisotopic (exact) mass is 165 g/mol. The van der Waals surface area contributed by atoms with Gasteiger partial charge in [-0.05, 0) is 19.9 Å². The lowest BCUT2D eigenvalue weighted by molar-refractivity contribution is 0.993. The highest BCUT2D eigenvalue weighted by molar-refractivity contribution is 5.76. The Bertz CT molecular complexity index is 236. The summed E-state index contributed by atoms with van der Waals surface area (Å²) in [6, 6.07) is 0. The zero-order valence-corrected chi connectivity index (χ0v) is 7.52. The van der Waals surface area contributed by atoms with Crippen LogP contribution in [0.4, 0.5) is 0 Å². The maximum absolute atomic E-state index is 6.95. The number of nitrogens with two attached hydrogens (primary N) is 1. The lowest BCUT2D eigenvalue weighted by Gasteiger charge is -2.07. The second kappa shape index (κ2) is 5.18. The van der Waals surface area contributed by atoms with Crippen LogP contribution in [0.3, 0.4) is 0 Å². The second-order valence-electron chi connectivity index (χ2n) is 2.42. The molecule has 0 aliphatic carbocycles. The first-order valence-electron chi connectivity index (χ1n) is 3.67. The molecule has 0 atom stereocenters. The molecule has 4 N–H and O–H groups in total. The topological polar surface area (TPSA) is 61.9 Å². The van der Waals surface area contributed by atoms with Crippen LogP contribution in [0.25, 0.3) is 0 Å². The van der Waals surface area contributed by atoms with Gasteiger partial charge in [-0.15, -0.1) is 0 Å². The molecule has 0 amide bonds. The maximum Gasteiger partial charge on any atom is 0.0731 e. The minimum atomic E-state index is 0.399. The van der Waals surface area contributed by atoms with Gasteiger partial charge in [0.15, 0.2) is 0 Å². The van der Waals surface area contributed by atoms with Crippen molar-refractivity contribution in [2.45, 2.75) is 13.8 Å². The first-order chi connectivity index (χ1) is 5.61. The number of hydrogen-bond donors (Lipinski definition) is 3. The number of rotatable bonds is 4. The van der Waals surface area contributed by atoms with Gasteiger partial charge in [0.05, 0.1) is 11.4 Å². The highest BCUT2D eigenvalue weighted by atomic mass is 14.9. The van der Waals surface area contributed by atoms with Crippen molar-refractivity contribution < 1.29 is 0 Å². The SMILES string of the molecule is C=C(C)NC(/C=C\C)=C(\N)C=N. The summed E-state index contributed by atoms with van der Waals surface area (Å²) in [6.45, 7) is 7.40. The highest BCUT2D eigenvalue weighted by Gasteiger charge is 1.95. The molecule has 0 saturated carbocycles. The minimum Gasteiger partial charge on any atom is -0.396 e. The van der Waals surface area contributed by atoms with Crippen LogP contribution in [-0.2, 0) is 0 Å². The Morgan fingerprint density at radius 3 is 2.50 bits per heavy atom. The molecule has 0 aromatic rings. The molecular weight excluding hydrogens is 150 g/mol. The molecule has 0 saturated heterocycles. The van der Waals surface area contributed by atoms with E-state index in [2.05, 4.69) is 11.9 Å². The summed E-state index contributed by atoms with van der Waals surface area (Å²) >= 11 is 0. The highest BCUT2D eigenvalue weighted by Crippen LogP contribution is 1.98. The molecule has 0 radical (unpaired) electrons. The molecule has 3 nitrogen and oxygen atoms in total. The summed E-state index contributed by atoms with van der Waals surface area (Å²) < 4.78 is 0. The molecule has 0 fully saturated rings. The van der Waals surface area contributed by atoms with E-state index in [1.54, 1.807) is 6.08 Å². The van der Waals surface area contributed by atoms with E-state index in [1.165, 1.54) is 0 Å². The van der Waals surface area contributed by atoms with Gasteiger partial charge in [0.1, 0.15) is 0 Å². The molecule has 0 bridgehead atoms. The standard InChI is InChI=1S/C9H15N3/c1-4-5-9(8(11)6-10)12-7(2)3/h4-6,10,12H,2,11H2,1,3H3/b5-4-,9-8-,10-6?. The summed E-state index contributed by atoms with van der Waals surface area (Å²) in [6.07, 6.45) is 4.75. The lowest BCUT2D eigenvalue weighted by Crippen LogP contribution is -2.15. The number of nitrogens with one attached hydrogen (secondary N) is 2. The van der Waals surface area contributed by atoms with Gasteiger partial charge in [-0.2, -0.15) is 0 Å².